The third-order valence-corrected chi connectivity index (χ3v) is 7.96. The number of hydrogen-bond donors (Lipinski definition) is 0. The molecule has 0 radical (unpaired) electrons. The summed E-state index contributed by atoms with van der Waals surface area (Å²) in [5.41, 5.74) is 2.01. The molecule has 1 aliphatic heterocycles. The van der Waals surface area contributed by atoms with E-state index in [4.69, 9.17) is 4.98 Å². The summed E-state index contributed by atoms with van der Waals surface area (Å²) in [4.78, 5) is 7.08. The Hall–Kier alpha value is -2.20. The van der Waals surface area contributed by atoms with Crippen LogP contribution < -0.4 is 0 Å². The number of fused-ring (bicyclic) bond motifs is 1. The summed E-state index contributed by atoms with van der Waals surface area (Å²) >= 11 is 1.63. The number of aromatic nitrogens is 2. The monoisotopic (exact) mass is 446 g/mol. The van der Waals surface area contributed by atoms with E-state index in [0.717, 1.165) is 21.9 Å². The van der Waals surface area contributed by atoms with Crippen molar-refractivity contribution in [2.75, 3.05) is 31.9 Å². The van der Waals surface area contributed by atoms with Crippen LogP contribution in [-0.2, 0) is 16.7 Å². The normalized spacial score (nSPS) is 16.2. The van der Waals surface area contributed by atoms with E-state index < -0.39 is 15.8 Å². The summed E-state index contributed by atoms with van der Waals surface area (Å²) in [5, 5.41) is 0.928. The number of piperazine rings is 1. The minimum Gasteiger partial charge on any atom is -0.305 e. The number of halogens is 1. The van der Waals surface area contributed by atoms with E-state index in [2.05, 4.69) is 22.1 Å². The molecule has 2 aromatic carbocycles. The van der Waals surface area contributed by atoms with Crippen LogP contribution in [0.4, 0.5) is 4.39 Å². The molecule has 0 amide bonds. The highest BCUT2D eigenvalue weighted by Gasteiger charge is 2.29. The largest absolute Gasteiger partial charge is 0.305 e. The number of nitrogens with zero attached hydrogens (tertiary/aromatic N) is 4. The molecule has 0 N–H and O–H groups in total. The third-order valence-electron chi connectivity index (χ3n) is 5.07. The Labute approximate surface area is 180 Å². The second kappa shape index (κ2) is 8.89. The van der Waals surface area contributed by atoms with E-state index in [9.17, 15) is 12.8 Å². The molecular weight excluding hydrogens is 423 g/mol. The summed E-state index contributed by atoms with van der Waals surface area (Å²) in [7, 11) is -3.61. The molecule has 1 fully saturated rings. The molecule has 0 saturated carbocycles. The maximum atomic E-state index is 13.1. The van der Waals surface area contributed by atoms with Gasteiger partial charge in [0.1, 0.15) is 5.82 Å². The number of thioether (sulfide) groups is 1. The van der Waals surface area contributed by atoms with E-state index in [-0.39, 0.29) is 4.90 Å². The maximum Gasteiger partial charge on any atom is 0.243 e. The quantitative estimate of drug-likeness (QED) is 0.411. The van der Waals surface area contributed by atoms with Gasteiger partial charge in [0.2, 0.25) is 10.0 Å². The Morgan fingerprint density at radius 2 is 1.77 bits per heavy atom. The average molecular weight is 447 g/mol. The maximum absolute atomic E-state index is 13.1. The van der Waals surface area contributed by atoms with E-state index in [1.54, 1.807) is 11.8 Å². The number of sulfonamides is 1. The molecule has 0 spiro atoms. The highest BCUT2D eigenvalue weighted by atomic mass is 32.2. The minimum atomic E-state index is -3.61. The van der Waals surface area contributed by atoms with Crippen molar-refractivity contribution in [1.82, 2.24) is 18.8 Å². The Bertz CT molecular complexity index is 1140. The first-order valence-electron chi connectivity index (χ1n) is 9.66. The second-order valence-electron chi connectivity index (χ2n) is 7.03. The molecule has 0 bridgehead atoms. The molecule has 4 rings (SSSR count). The van der Waals surface area contributed by atoms with Crippen LogP contribution in [0.5, 0.6) is 0 Å². The van der Waals surface area contributed by atoms with Crippen LogP contribution in [-0.4, -0.2) is 59.1 Å². The average Bonchev–Trinajstić information content (AvgIpc) is 3.10. The van der Waals surface area contributed by atoms with Crippen molar-refractivity contribution >= 4 is 32.8 Å². The van der Waals surface area contributed by atoms with Crippen molar-refractivity contribution in [2.24, 2.45) is 0 Å². The predicted octanol–water partition coefficient (Wildman–Crippen LogP) is 3.42. The summed E-state index contributed by atoms with van der Waals surface area (Å²) in [6, 6.07) is 13.0. The van der Waals surface area contributed by atoms with Gasteiger partial charge in [-0.2, -0.15) is 4.31 Å². The summed E-state index contributed by atoms with van der Waals surface area (Å²) in [6.07, 6.45) is 1.85. The SMILES string of the molecule is C=CCSc1nc2ccccc2n1CN1CCN(S(=O)(=O)c2ccc(F)cc2)CC1. The van der Waals surface area contributed by atoms with Gasteiger partial charge < -0.3 is 4.57 Å². The molecular formula is C21H23FN4O2S2. The molecule has 1 saturated heterocycles. The van der Waals surface area contributed by atoms with E-state index in [1.165, 1.54) is 28.6 Å². The predicted molar refractivity (Wildman–Crippen MR) is 117 cm³/mol. The molecule has 9 heteroatoms. The molecule has 1 aliphatic rings. The number of imidazole rings is 1. The molecule has 0 atom stereocenters. The number of rotatable bonds is 7. The van der Waals surface area contributed by atoms with Crippen LogP contribution in [0.15, 0.2) is 71.2 Å². The van der Waals surface area contributed by atoms with Gasteiger partial charge in [-0.25, -0.2) is 17.8 Å². The molecule has 6 nitrogen and oxygen atoms in total. The lowest BCUT2D eigenvalue weighted by Gasteiger charge is -2.34. The van der Waals surface area contributed by atoms with Gasteiger partial charge in [-0.3, -0.25) is 4.90 Å². The lowest BCUT2D eigenvalue weighted by Crippen LogP contribution is -2.48. The van der Waals surface area contributed by atoms with Gasteiger partial charge >= 0.3 is 0 Å². The van der Waals surface area contributed by atoms with Crippen molar-refractivity contribution < 1.29 is 12.8 Å². The second-order valence-corrected chi connectivity index (χ2v) is 9.95. The van der Waals surface area contributed by atoms with Gasteiger partial charge in [0.05, 0.1) is 22.6 Å². The Balaban J connectivity index is 1.47. The standard InChI is InChI=1S/C21H23FN4O2S2/c1-2-15-29-21-23-19-5-3-4-6-20(19)26(21)16-24-11-13-25(14-12-24)30(27,28)18-9-7-17(22)8-10-18/h2-10H,1,11-16H2. The number of para-hydroxylation sites is 2. The van der Waals surface area contributed by atoms with Crippen molar-refractivity contribution in [3.05, 3.63) is 67.0 Å². The van der Waals surface area contributed by atoms with Crippen LogP contribution in [0, 0.1) is 5.82 Å². The van der Waals surface area contributed by atoms with Crippen LogP contribution >= 0.6 is 11.8 Å². The van der Waals surface area contributed by atoms with Crippen molar-refractivity contribution in [2.45, 2.75) is 16.7 Å². The Kier molecular flexibility index (Phi) is 6.24. The highest BCUT2D eigenvalue weighted by molar-refractivity contribution is 7.99. The number of hydrogen-bond acceptors (Lipinski definition) is 5. The zero-order chi connectivity index (χ0) is 21.1. The van der Waals surface area contributed by atoms with Crippen molar-refractivity contribution in [1.29, 1.82) is 0 Å². The lowest BCUT2D eigenvalue weighted by atomic mass is 10.3. The lowest BCUT2D eigenvalue weighted by molar-refractivity contribution is 0.150. The zero-order valence-electron chi connectivity index (χ0n) is 16.4. The fraction of sp³-hybridized carbons (Fsp3) is 0.286. The first-order chi connectivity index (χ1) is 14.5. The van der Waals surface area contributed by atoms with Gasteiger partial charge in [0, 0.05) is 31.9 Å². The minimum absolute atomic E-state index is 0.126. The first-order valence-corrected chi connectivity index (χ1v) is 12.1. The van der Waals surface area contributed by atoms with Crippen LogP contribution in [0.25, 0.3) is 11.0 Å². The van der Waals surface area contributed by atoms with Crippen molar-refractivity contribution in [3.8, 4) is 0 Å². The number of benzene rings is 2. The van der Waals surface area contributed by atoms with E-state index >= 15 is 0 Å². The van der Waals surface area contributed by atoms with Gasteiger partial charge in [0.15, 0.2) is 5.16 Å². The molecule has 158 valence electrons. The smallest absolute Gasteiger partial charge is 0.243 e. The zero-order valence-corrected chi connectivity index (χ0v) is 18.1. The summed E-state index contributed by atoms with van der Waals surface area (Å²) < 4.78 is 42.4. The van der Waals surface area contributed by atoms with E-state index in [0.29, 0.717) is 32.8 Å². The van der Waals surface area contributed by atoms with Crippen LogP contribution in [0.1, 0.15) is 0 Å². The van der Waals surface area contributed by atoms with Gasteiger partial charge in [0.25, 0.3) is 0 Å². The Morgan fingerprint density at radius 1 is 1.07 bits per heavy atom. The Morgan fingerprint density at radius 3 is 2.47 bits per heavy atom. The molecule has 1 aromatic heterocycles. The molecule has 0 aliphatic carbocycles. The fourth-order valence-corrected chi connectivity index (χ4v) is 5.66. The van der Waals surface area contributed by atoms with Gasteiger partial charge in [-0.15, -0.1) is 6.58 Å². The summed E-state index contributed by atoms with van der Waals surface area (Å²) in [6.45, 7) is 6.43. The van der Waals surface area contributed by atoms with Crippen LogP contribution in [0.2, 0.25) is 0 Å². The van der Waals surface area contributed by atoms with E-state index in [1.807, 2.05) is 24.3 Å². The highest BCUT2D eigenvalue weighted by Crippen LogP contribution is 2.25. The van der Waals surface area contributed by atoms with Crippen LogP contribution in [0.3, 0.4) is 0 Å². The summed E-state index contributed by atoms with van der Waals surface area (Å²) in [5.74, 6) is 0.323. The molecule has 2 heterocycles. The molecule has 0 unspecified atom stereocenters. The molecule has 30 heavy (non-hydrogen) atoms. The van der Waals surface area contributed by atoms with Gasteiger partial charge in [-0.05, 0) is 36.4 Å². The topological polar surface area (TPSA) is 58.4 Å². The van der Waals surface area contributed by atoms with Gasteiger partial charge in [-0.1, -0.05) is 30.0 Å². The fourth-order valence-electron chi connectivity index (χ4n) is 3.50. The molecule has 3 aromatic rings. The van der Waals surface area contributed by atoms with Crippen molar-refractivity contribution in [3.63, 3.8) is 0 Å². The third kappa shape index (κ3) is 4.29. The first kappa shape index (κ1) is 21.0.